The van der Waals surface area contributed by atoms with E-state index in [0.29, 0.717) is 23.3 Å². The average Bonchev–Trinajstić information content (AvgIpc) is 2.99. The van der Waals surface area contributed by atoms with Crippen LogP contribution in [0.3, 0.4) is 0 Å². The molecule has 0 aliphatic heterocycles. The molecule has 0 atom stereocenters. The fourth-order valence-corrected chi connectivity index (χ4v) is 5.71. The van der Waals surface area contributed by atoms with Crippen molar-refractivity contribution in [3.63, 3.8) is 0 Å². The molecule has 5 aromatic rings. The Hall–Kier alpha value is -4.58. The van der Waals surface area contributed by atoms with Crippen LogP contribution in [0.2, 0.25) is 0 Å². The van der Waals surface area contributed by atoms with Crippen molar-refractivity contribution in [1.82, 2.24) is 0 Å². The van der Waals surface area contributed by atoms with Gasteiger partial charge in [0.15, 0.2) is 16.4 Å². The zero-order valence-electron chi connectivity index (χ0n) is 22.7. The van der Waals surface area contributed by atoms with Crippen LogP contribution in [-0.2, 0) is 14.6 Å². The fourth-order valence-electron chi connectivity index (χ4n) is 4.67. The standard InChI is InChI=1S/C36H30O4S/c37-36(33-19-18-32-24-29-15-10-11-16-30(29)25-34(32)26-33)40-22-12-6-4-2-1-3-5-7-13-23-41(38,39)35-21-20-28-14-8-9-17-31(28)27-35/h8-11,14-21,24-27H,1-5,22-23H2. The van der Waals surface area contributed by atoms with Gasteiger partial charge >= 0.3 is 5.97 Å². The predicted octanol–water partition coefficient (Wildman–Crippen LogP) is 7.73. The Labute approximate surface area is 241 Å². The predicted molar refractivity (Wildman–Crippen MR) is 166 cm³/mol. The third kappa shape index (κ3) is 7.34. The first kappa shape index (κ1) is 28.0. The summed E-state index contributed by atoms with van der Waals surface area (Å²) in [5.41, 5.74) is 0.515. The van der Waals surface area contributed by atoms with E-state index >= 15 is 0 Å². The zero-order chi connectivity index (χ0) is 28.5. The molecule has 0 unspecified atom stereocenters. The number of unbranched alkanes of at least 4 members (excludes halogenated alkanes) is 4. The lowest BCUT2D eigenvalue weighted by Crippen LogP contribution is -2.05. The second-order valence-corrected chi connectivity index (χ2v) is 11.9. The molecule has 0 aliphatic rings. The van der Waals surface area contributed by atoms with Gasteiger partial charge in [0.05, 0.1) is 10.5 Å². The Morgan fingerprint density at radius 1 is 0.585 bits per heavy atom. The number of rotatable bonds is 8. The van der Waals surface area contributed by atoms with E-state index in [-0.39, 0.29) is 18.3 Å². The summed E-state index contributed by atoms with van der Waals surface area (Å²) < 4.78 is 30.5. The summed E-state index contributed by atoms with van der Waals surface area (Å²) in [5.74, 6) is 11.2. The van der Waals surface area contributed by atoms with Gasteiger partial charge in [-0.15, -0.1) is 5.92 Å². The van der Waals surface area contributed by atoms with E-state index < -0.39 is 9.84 Å². The van der Waals surface area contributed by atoms with Crippen LogP contribution < -0.4 is 0 Å². The first-order chi connectivity index (χ1) is 20.0. The molecule has 5 rings (SSSR count). The highest BCUT2D eigenvalue weighted by atomic mass is 32.2. The third-order valence-corrected chi connectivity index (χ3v) is 8.41. The Morgan fingerprint density at radius 2 is 1.17 bits per heavy atom. The summed E-state index contributed by atoms with van der Waals surface area (Å²) in [4.78, 5) is 12.8. The number of fused-ring (bicyclic) bond motifs is 3. The maximum absolute atomic E-state index is 12.6. The highest BCUT2D eigenvalue weighted by Gasteiger charge is 2.13. The lowest BCUT2D eigenvalue weighted by molar-refractivity contribution is 0.0556. The van der Waals surface area contributed by atoms with Gasteiger partial charge in [0, 0.05) is 12.8 Å². The molecule has 0 aromatic heterocycles. The lowest BCUT2D eigenvalue weighted by atomic mass is 10.0. The van der Waals surface area contributed by atoms with Gasteiger partial charge in [0.25, 0.3) is 0 Å². The molecule has 0 saturated carbocycles. The highest BCUT2D eigenvalue weighted by molar-refractivity contribution is 7.91. The normalized spacial score (nSPS) is 11.0. The van der Waals surface area contributed by atoms with Gasteiger partial charge in [0.2, 0.25) is 0 Å². The lowest BCUT2D eigenvalue weighted by Gasteiger charge is -2.05. The van der Waals surface area contributed by atoms with E-state index in [9.17, 15) is 13.2 Å². The van der Waals surface area contributed by atoms with Crippen molar-refractivity contribution in [2.24, 2.45) is 0 Å². The Morgan fingerprint density at radius 3 is 1.90 bits per heavy atom. The van der Waals surface area contributed by atoms with Crippen LogP contribution in [0, 0.1) is 23.7 Å². The van der Waals surface area contributed by atoms with E-state index in [2.05, 4.69) is 47.9 Å². The largest absolute Gasteiger partial charge is 0.449 e. The topological polar surface area (TPSA) is 60.4 Å². The van der Waals surface area contributed by atoms with Gasteiger partial charge in [-0.2, -0.15) is 0 Å². The van der Waals surface area contributed by atoms with Crippen molar-refractivity contribution >= 4 is 48.1 Å². The van der Waals surface area contributed by atoms with Gasteiger partial charge < -0.3 is 4.74 Å². The molecule has 0 radical (unpaired) electrons. The molecular formula is C36H30O4S. The molecule has 5 heteroatoms. The molecule has 0 saturated heterocycles. The number of carbonyl (C=O) groups is 1. The quantitative estimate of drug-likeness (QED) is 0.0846. The molecule has 0 fully saturated rings. The van der Waals surface area contributed by atoms with Crippen LogP contribution >= 0.6 is 0 Å². The average molecular weight is 559 g/mol. The number of esters is 1. The molecule has 41 heavy (non-hydrogen) atoms. The summed E-state index contributed by atoms with van der Waals surface area (Å²) in [5, 5.41) is 6.30. The summed E-state index contributed by atoms with van der Waals surface area (Å²) in [6.07, 6.45) is 4.12. The summed E-state index contributed by atoms with van der Waals surface area (Å²) >= 11 is 0. The van der Waals surface area contributed by atoms with Crippen molar-refractivity contribution in [2.45, 2.75) is 37.0 Å². The molecule has 204 valence electrons. The SMILES string of the molecule is O=C(OCC#CCCCCCC#CCS(=O)(=O)c1ccc2ccccc2c1)c1ccc2cc3ccccc3cc2c1. The van der Waals surface area contributed by atoms with Crippen molar-refractivity contribution in [3.8, 4) is 23.7 Å². The molecule has 5 aromatic carbocycles. The van der Waals surface area contributed by atoms with Crippen molar-refractivity contribution < 1.29 is 17.9 Å². The van der Waals surface area contributed by atoms with Gasteiger partial charge in [-0.25, -0.2) is 13.2 Å². The first-order valence-corrected chi connectivity index (χ1v) is 15.4. The molecule has 0 bridgehead atoms. The van der Waals surface area contributed by atoms with Gasteiger partial charge in [-0.1, -0.05) is 84.8 Å². The van der Waals surface area contributed by atoms with Gasteiger partial charge in [0.1, 0.15) is 5.75 Å². The summed E-state index contributed by atoms with van der Waals surface area (Å²) in [7, 11) is -3.43. The Kier molecular flexibility index (Phi) is 8.99. The highest BCUT2D eigenvalue weighted by Crippen LogP contribution is 2.24. The van der Waals surface area contributed by atoms with E-state index in [1.807, 2.05) is 54.6 Å². The van der Waals surface area contributed by atoms with E-state index in [1.165, 1.54) is 5.39 Å². The van der Waals surface area contributed by atoms with Crippen LogP contribution in [0.4, 0.5) is 0 Å². The third-order valence-electron chi connectivity index (χ3n) is 6.91. The summed E-state index contributed by atoms with van der Waals surface area (Å²) in [6, 6.07) is 30.8. The molecular weight excluding hydrogens is 528 g/mol. The van der Waals surface area contributed by atoms with Crippen LogP contribution in [0.25, 0.3) is 32.3 Å². The number of benzene rings is 5. The van der Waals surface area contributed by atoms with Crippen molar-refractivity contribution in [2.75, 3.05) is 12.4 Å². The second kappa shape index (κ2) is 13.2. The maximum Gasteiger partial charge on any atom is 0.339 e. The molecule has 0 amide bonds. The molecule has 4 nitrogen and oxygen atoms in total. The Balaban J connectivity index is 0.991. The minimum Gasteiger partial charge on any atom is -0.449 e. The van der Waals surface area contributed by atoms with E-state index in [1.54, 1.807) is 18.2 Å². The minimum absolute atomic E-state index is 0.0613. The van der Waals surface area contributed by atoms with Crippen molar-refractivity contribution in [1.29, 1.82) is 0 Å². The molecule has 0 aliphatic carbocycles. The van der Waals surface area contributed by atoms with Crippen LogP contribution in [-0.4, -0.2) is 26.7 Å². The van der Waals surface area contributed by atoms with Crippen LogP contribution in [0.15, 0.2) is 102 Å². The minimum atomic E-state index is -3.43. The van der Waals surface area contributed by atoms with Gasteiger partial charge in [-0.3, -0.25) is 0 Å². The summed E-state index contributed by atoms with van der Waals surface area (Å²) in [6.45, 7) is 0.0613. The second-order valence-electron chi connectivity index (χ2n) is 9.87. The van der Waals surface area contributed by atoms with Gasteiger partial charge in [-0.05, 0) is 81.6 Å². The monoisotopic (exact) mass is 558 g/mol. The van der Waals surface area contributed by atoms with E-state index in [0.717, 1.165) is 46.2 Å². The number of hydrogen-bond donors (Lipinski definition) is 0. The number of carbonyl (C=O) groups excluding carboxylic acids is 1. The smallest absolute Gasteiger partial charge is 0.339 e. The number of ether oxygens (including phenoxy) is 1. The van der Waals surface area contributed by atoms with Crippen LogP contribution in [0.5, 0.6) is 0 Å². The first-order valence-electron chi connectivity index (χ1n) is 13.7. The Bertz CT molecular complexity index is 1950. The fraction of sp³-hybridized carbons (Fsp3) is 0.194. The van der Waals surface area contributed by atoms with Crippen molar-refractivity contribution in [3.05, 3.63) is 103 Å². The molecule has 0 N–H and O–H groups in total. The zero-order valence-corrected chi connectivity index (χ0v) is 23.5. The number of sulfone groups is 1. The van der Waals surface area contributed by atoms with Crippen LogP contribution in [0.1, 0.15) is 42.5 Å². The van der Waals surface area contributed by atoms with E-state index in [4.69, 9.17) is 4.74 Å². The molecule has 0 heterocycles. The number of hydrogen-bond acceptors (Lipinski definition) is 4. The maximum atomic E-state index is 12.6. The molecule has 0 spiro atoms.